The van der Waals surface area contributed by atoms with Crippen LogP contribution in [0, 0.1) is 0 Å². The Morgan fingerprint density at radius 1 is 1.05 bits per heavy atom. The van der Waals surface area contributed by atoms with E-state index in [0.717, 1.165) is 13.2 Å². The van der Waals surface area contributed by atoms with Gasteiger partial charge in [0.1, 0.15) is 0 Å². The Labute approximate surface area is 116 Å². The van der Waals surface area contributed by atoms with Gasteiger partial charge in [0.25, 0.3) is 0 Å². The van der Waals surface area contributed by atoms with Gasteiger partial charge in [-0.15, -0.1) is 0 Å². The predicted molar refractivity (Wildman–Crippen MR) is 78.6 cm³/mol. The van der Waals surface area contributed by atoms with Crippen LogP contribution in [0.3, 0.4) is 0 Å². The Hall–Kier alpha value is -0.860. The lowest BCUT2D eigenvalue weighted by Gasteiger charge is -2.28. The topological polar surface area (TPSA) is 21.3 Å². The highest BCUT2D eigenvalue weighted by atomic mass is 16.5. The summed E-state index contributed by atoms with van der Waals surface area (Å²) in [5.41, 5.74) is 3.15. The predicted octanol–water partition coefficient (Wildman–Crippen LogP) is 3.27. The van der Waals surface area contributed by atoms with Gasteiger partial charge in [-0.2, -0.15) is 0 Å². The van der Waals surface area contributed by atoms with E-state index >= 15 is 0 Å². The van der Waals surface area contributed by atoms with Gasteiger partial charge in [0.05, 0.1) is 0 Å². The molecular formula is C17H25NO. The van der Waals surface area contributed by atoms with Crippen molar-refractivity contribution in [1.29, 1.82) is 0 Å². The highest BCUT2D eigenvalue weighted by Gasteiger charge is 2.20. The van der Waals surface area contributed by atoms with Crippen LogP contribution >= 0.6 is 0 Å². The summed E-state index contributed by atoms with van der Waals surface area (Å²) in [7, 11) is 0. The molecule has 3 rings (SSSR count). The molecule has 0 amide bonds. The van der Waals surface area contributed by atoms with E-state index in [-0.39, 0.29) is 0 Å². The fourth-order valence-corrected chi connectivity index (χ4v) is 3.49. The molecule has 0 saturated carbocycles. The van der Waals surface area contributed by atoms with Crippen molar-refractivity contribution in [3.63, 3.8) is 0 Å². The summed E-state index contributed by atoms with van der Waals surface area (Å²) in [4.78, 5) is 0. The van der Waals surface area contributed by atoms with Crippen LogP contribution in [-0.2, 0) is 11.2 Å². The maximum absolute atomic E-state index is 5.50. The lowest BCUT2D eigenvalue weighted by atomic mass is 9.85. The van der Waals surface area contributed by atoms with Crippen molar-refractivity contribution in [2.45, 2.75) is 50.5 Å². The summed E-state index contributed by atoms with van der Waals surface area (Å²) >= 11 is 0. The number of rotatable bonds is 3. The lowest BCUT2D eigenvalue weighted by molar-refractivity contribution is 0.0851. The van der Waals surface area contributed by atoms with Gasteiger partial charge in [-0.1, -0.05) is 30.7 Å². The molecular weight excluding hydrogens is 234 g/mol. The normalized spacial score (nSPS) is 25.4. The number of hydrogen-bond acceptors (Lipinski definition) is 2. The molecule has 0 bridgehead atoms. The van der Waals surface area contributed by atoms with Crippen LogP contribution in [0.25, 0.3) is 0 Å². The molecule has 1 atom stereocenters. The van der Waals surface area contributed by atoms with E-state index in [9.17, 15) is 0 Å². The second kappa shape index (κ2) is 6.53. The number of benzene rings is 1. The van der Waals surface area contributed by atoms with Crippen LogP contribution in [0.15, 0.2) is 24.3 Å². The van der Waals surface area contributed by atoms with E-state index in [2.05, 4.69) is 29.6 Å². The fourth-order valence-electron chi connectivity index (χ4n) is 3.49. The molecule has 2 heterocycles. The van der Waals surface area contributed by atoms with Crippen LogP contribution in [0.1, 0.15) is 49.1 Å². The minimum atomic E-state index is 0.690. The standard InChI is InChI=1S/C17H25NO/c1-2-7-17(14-8-11-19-12-9-14)15(5-1)13-16-6-3-4-10-18-16/h1-2,5,7,14,16,18H,3-4,6,8-13H2. The average molecular weight is 259 g/mol. The van der Waals surface area contributed by atoms with Crippen molar-refractivity contribution in [2.75, 3.05) is 19.8 Å². The molecule has 19 heavy (non-hydrogen) atoms. The first-order valence-electron chi connectivity index (χ1n) is 7.82. The molecule has 1 N–H and O–H groups in total. The van der Waals surface area contributed by atoms with Gasteiger partial charge in [-0.25, -0.2) is 0 Å². The van der Waals surface area contributed by atoms with Crippen LogP contribution in [-0.4, -0.2) is 25.8 Å². The highest BCUT2D eigenvalue weighted by molar-refractivity contribution is 5.31. The Bertz CT molecular complexity index is 392. The van der Waals surface area contributed by atoms with Crippen LogP contribution in [0.4, 0.5) is 0 Å². The molecule has 2 nitrogen and oxygen atoms in total. The number of ether oxygens (including phenoxy) is 1. The molecule has 0 aromatic heterocycles. The summed E-state index contributed by atoms with van der Waals surface area (Å²) in [5, 5.41) is 3.67. The van der Waals surface area contributed by atoms with Gasteiger partial charge in [-0.3, -0.25) is 0 Å². The minimum Gasteiger partial charge on any atom is -0.381 e. The Kier molecular flexibility index (Phi) is 4.52. The first kappa shape index (κ1) is 13.1. The maximum Gasteiger partial charge on any atom is 0.0471 e. The van der Waals surface area contributed by atoms with Crippen LogP contribution in [0.2, 0.25) is 0 Å². The monoisotopic (exact) mass is 259 g/mol. The molecule has 104 valence electrons. The van der Waals surface area contributed by atoms with E-state index in [0.29, 0.717) is 12.0 Å². The zero-order chi connectivity index (χ0) is 12.9. The molecule has 2 aliphatic rings. The largest absolute Gasteiger partial charge is 0.381 e. The third kappa shape index (κ3) is 3.37. The molecule has 1 aromatic rings. The molecule has 1 aromatic carbocycles. The summed E-state index contributed by atoms with van der Waals surface area (Å²) in [6.07, 6.45) is 7.65. The van der Waals surface area contributed by atoms with Gasteiger partial charge in [0.2, 0.25) is 0 Å². The van der Waals surface area contributed by atoms with E-state index < -0.39 is 0 Å². The van der Waals surface area contributed by atoms with E-state index in [1.807, 2.05) is 0 Å². The zero-order valence-corrected chi connectivity index (χ0v) is 11.7. The van der Waals surface area contributed by atoms with Gasteiger partial charge in [0, 0.05) is 19.3 Å². The third-order valence-corrected chi connectivity index (χ3v) is 4.59. The Balaban J connectivity index is 1.72. The number of hydrogen-bond donors (Lipinski definition) is 1. The molecule has 2 fully saturated rings. The number of piperidine rings is 1. The van der Waals surface area contributed by atoms with Crippen LogP contribution < -0.4 is 5.32 Å². The van der Waals surface area contributed by atoms with Crippen molar-refractivity contribution in [1.82, 2.24) is 5.32 Å². The Morgan fingerprint density at radius 3 is 2.68 bits per heavy atom. The average Bonchev–Trinajstić information content (AvgIpc) is 2.50. The van der Waals surface area contributed by atoms with Crippen molar-refractivity contribution in [3.05, 3.63) is 35.4 Å². The van der Waals surface area contributed by atoms with E-state index in [4.69, 9.17) is 4.74 Å². The summed E-state index contributed by atoms with van der Waals surface area (Å²) in [6.45, 7) is 3.06. The lowest BCUT2D eigenvalue weighted by Crippen LogP contribution is -2.35. The minimum absolute atomic E-state index is 0.690. The second-order valence-corrected chi connectivity index (χ2v) is 5.94. The van der Waals surface area contributed by atoms with Gasteiger partial charge in [-0.05, 0) is 55.7 Å². The molecule has 2 saturated heterocycles. The van der Waals surface area contributed by atoms with Gasteiger partial charge < -0.3 is 10.1 Å². The number of nitrogens with one attached hydrogen (secondary N) is 1. The van der Waals surface area contributed by atoms with Crippen LogP contribution in [0.5, 0.6) is 0 Å². The Morgan fingerprint density at radius 2 is 1.89 bits per heavy atom. The van der Waals surface area contributed by atoms with Crippen molar-refractivity contribution < 1.29 is 4.74 Å². The maximum atomic E-state index is 5.50. The quantitative estimate of drug-likeness (QED) is 0.899. The van der Waals surface area contributed by atoms with Crippen molar-refractivity contribution in [2.24, 2.45) is 0 Å². The molecule has 0 spiro atoms. The fraction of sp³-hybridized carbons (Fsp3) is 0.647. The molecule has 1 unspecified atom stereocenters. The summed E-state index contributed by atoms with van der Waals surface area (Å²) in [5.74, 6) is 0.716. The third-order valence-electron chi connectivity index (χ3n) is 4.59. The van der Waals surface area contributed by atoms with Crippen molar-refractivity contribution in [3.8, 4) is 0 Å². The summed E-state index contributed by atoms with van der Waals surface area (Å²) < 4.78 is 5.50. The molecule has 0 aliphatic carbocycles. The van der Waals surface area contributed by atoms with Crippen molar-refractivity contribution >= 4 is 0 Å². The van der Waals surface area contributed by atoms with E-state index in [1.54, 1.807) is 11.1 Å². The SMILES string of the molecule is c1ccc(C2CCOCC2)c(CC2CCCCN2)c1. The second-order valence-electron chi connectivity index (χ2n) is 5.94. The van der Waals surface area contributed by atoms with Gasteiger partial charge >= 0.3 is 0 Å². The molecule has 2 heteroatoms. The first-order chi connectivity index (χ1) is 9.43. The molecule has 2 aliphatic heterocycles. The first-order valence-corrected chi connectivity index (χ1v) is 7.82. The van der Waals surface area contributed by atoms with Gasteiger partial charge in [0.15, 0.2) is 0 Å². The zero-order valence-electron chi connectivity index (χ0n) is 11.7. The highest BCUT2D eigenvalue weighted by Crippen LogP contribution is 2.30. The smallest absolute Gasteiger partial charge is 0.0471 e. The van der Waals surface area contributed by atoms with E-state index in [1.165, 1.54) is 45.1 Å². The molecule has 0 radical (unpaired) electrons. The summed E-state index contributed by atoms with van der Waals surface area (Å²) in [6, 6.07) is 9.76.